The van der Waals surface area contributed by atoms with Gasteiger partial charge in [0.05, 0.1) is 29.4 Å². The minimum atomic E-state index is -0.544. The molecule has 2 bridgehead atoms. The molecule has 0 unspecified atom stereocenters. The van der Waals surface area contributed by atoms with E-state index in [0.29, 0.717) is 19.0 Å². The van der Waals surface area contributed by atoms with Crippen LogP contribution in [0, 0.1) is 5.41 Å². The maximum Gasteiger partial charge on any atom is 0.297 e. The summed E-state index contributed by atoms with van der Waals surface area (Å²) in [6.45, 7) is 0.140. The molecule has 2 fully saturated rings. The number of thiazole rings is 1. The summed E-state index contributed by atoms with van der Waals surface area (Å²) in [6.07, 6.45) is 10.1. The fourth-order valence-electron chi connectivity index (χ4n) is 4.71. The highest BCUT2D eigenvalue weighted by atomic mass is 32.1. The third-order valence-corrected chi connectivity index (χ3v) is 6.42. The van der Waals surface area contributed by atoms with Crippen molar-refractivity contribution in [3.05, 3.63) is 47.3 Å². The molecule has 3 aromatic heterocycles. The number of nitrogens with one attached hydrogen (secondary N) is 2. The molecular formula is C19H22N6O4S. The van der Waals surface area contributed by atoms with Gasteiger partial charge in [-0.2, -0.15) is 0 Å². The van der Waals surface area contributed by atoms with Gasteiger partial charge in [0.1, 0.15) is 12.1 Å². The fourth-order valence-corrected chi connectivity index (χ4v) is 5.27. The second-order valence-corrected chi connectivity index (χ2v) is 8.03. The highest BCUT2D eigenvalue weighted by Crippen LogP contribution is 2.53. The zero-order chi connectivity index (χ0) is 21.0. The first kappa shape index (κ1) is 20.1. The van der Waals surface area contributed by atoms with Crippen molar-refractivity contribution in [1.29, 1.82) is 0 Å². The van der Waals surface area contributed by atoms with Crippen LogP contribution in [0.3, 0.4) is 0 Å². The van der Waals surface area contributed by atoms with Gasteiger partial charge in [0.15, 0.2) is 0 Å². The van der Waals surface area contributed by atoms with Crippen molar-refractivity contribution in [2.45, 2.75) is 44.3 Å². The summed E-state index contributed by atoms with van der Waals surface area (Å²) in [7, 11) is 0. The number of anilines is 1. The fraction of sp³-hybridized carbons (Fsp3) is 0.421. The summed E-state index contributed by atoms with van der Waals surface area (Å²) in [5.74, 6) is 0.801. The average molecular weight is 430 g/mol. The van der Waals surface area contributed by atoms with E-state index < -0.39 is 5.41 Å². The zero-order valence-electron chi connectivity index (χ0n) is 16.1. The van der Waals surface area contributed by atoms with Gasteiger partial charge in [0.25, 0.3) is 12.5 Å². The van der Waals surface area contributed by atoms with Crippen molar-refractivity contribution in [3.8, 4) is 0 Å². The summed E-state index contributed by atoms with van der Waals surface area (Å²) < 4.78 is 5.58. The van der Waals surface area contributed by atoms with Crippen molar-refractivity contribution in [1.82, 2.24) is 25.3 Å². The number of aromatic amines is 1. The SMILES string of the molecule is O=C(NCc1ncc[nH]1)[C@@]1(Cc2cscn2)C[C@H]2CC[C@@H]1N2c1ncco1.O=CO. The molecule has 3 N–H and O–H groups in total. The summed E-state index contributed by atoms with van der Waals surface area (Å²) in [4.78, 5) is 40.0. The number of aromatic nitrogens is 4. The largest absolute Gasteiger partial charge is 0.483 e. The smallest absolute Gasteiger partial charge is 0.297 e. The molecule has 11 heteroatoms. The molecule has 0 spiro atoms. The molecule has 5 rings (SSSR count). The molecular weight excluding hydrogens is 408 g/mol. The lowest BCUT2D eigenvalue weighted by molar-refractivity contribution is -0.132. The molecule has 2 aliphatic rings. The van der Waals surface area contributed by atoms with Crippen molar-refractivity contribution in [3.63, 3.8) is 0 Å². The normalized spacial score (nSPS) is 24.3. The van der Waals surface area contributed by atoms with Crippen LogP contribution in [0.4, 0.5) is 6.01 Å². The number of fused-ring (bicyclic) bond motifs is 2. The van der Waals surface area contributed by atoms with Crippen LogP contribution in [0.1, 0.15) is 30.8 Å². The van der Waals surface area contributed by atoms with E-state index in [1.54, 1.807) is 36.2 Å². The van der Waals surface area contributed by atoms with Crippen molar-refractivity contribution >= 4 is 29.7 Å². The Labute approximate surface area is 176 Å². The number of carboxylic acid groups (broad SMARTS) is 1. The van der Waals surface area contributed by atoms with Gasteiger partial charge in [-0.1, -0.05) is 0 Å². The van der Waals surface area contributed by atoms with Crippen LogP contribution >= 0.6 is 11.3 Å². The Morgan fingerprint density at radius 1 is 1.40 bits per heavy atom. The predicted molar refractivity (Wildman–Crippen MR) is 108 cm³/mol. The lowest BCUT2D eigenvalue weighted by atomic mass is 9.70. The topological polar surface area (TPSA) is 137 Å². The van der Waals surface area contributed by atoms with Crippen LogP contribution in [0.5, 0.6) is 0 Å². The van der Waals surface area contributed by atoms with Crippen LogP contribution < -0.4 is 10.2 Å². The Kier molecular flexibility index (Phi) is 5.79. The quantitative estimate of drug-likeness (QED) is 0.504. The highest BCUT2D eigenvalue weighted by molar-refractivity contribution is 7.07. The van der Waals surface area contributed by atoms with Gasteiger partial charge in [-0.25, -0.2) is 15.0 Å². The number of hydrogen-bond donors (Lipinski definition) is 3. The number of oxazole rings is 1. The number of hydrogen-bond acceptors (Lipinski definition) is 8. The number of imidazole rings is 1. The third kappa shape index (κ3) is 3.67. The monoisotopic (exact) mass is 430 g/mol. The Morgan fingerprint density at radius 2 is 2.27 bits per heavy atom. The van der Waals surface area contributed by atoms with Gasteiger partial charge >= 0.3 is 0 Å². The highest BCUT2D eigenvalue weighted by Gasteiger charge is 2.61. The molecule has 3 atom stereocenters. The lowest BCUT2D eigenvalue weighted by Gasteiger charge is -2.35. The Hall–Kier alpha value is -3.21. The predicted octanol–water partition coefficient (Wildman–Crippen LogP) is 1.84. The Balaban J connectivity index is 0.000000687. The van der Waals surface area contributed by atoms with Crippen LogP contribution in [0.15, 0.2) is 40.2 Å². The molecule has 30 heavy (non-hydrogen) atoms. The van der Waals surface area contributed by atoms with E-state index in [4.69, 9.17) is 14.3 Å². The van der Waals surface area contributed by atoms with Gasteiger partial charge in [0, 0.05) is 36.3 Å². The van der Waals surface area contributed by atoms with Crippen molar-refractivity contribution < 1.29 is 19.1 Å². The van der Waals surface area contributed by atoms with Gasteiger partial charge < -0.3 is 24.7 Å². The Bertz CT molecular complexity index is 946. The second kappa shape index (κ2) is 8.66. The summed E-state index contributed by atoms with van der Waals surface area (Å²) in [6, 6.07) is 0.933. The molecule has 5 heterocycles. The van der Waals surface area contributed by atoms with E-state index in [2.05, 4.69) is 30.2 Å². The minimum absolute atomic E-state index is 0.0515. The molecule has 10 nitrogen and oxygen atoms in total. The molecule has 158 valence electrons. The van der Waals surface area contributed by atoms with Crippen LogP contribution in [-0.4, -0.2) is 49.5 Å². The average Bonchev–Trinajstić information content (AvgIpc) is 3.56. The lowest BCUT2D eigenvalue weighted by Crippen LogP contribution is -2.50. The van der Waals surface area contributed by atoms with Gasteiger partial charge in [-0.3, -0.25) is 9.59 Å². The first-order valence-electron chi connectivity index (χ1n) is 9.57. The molecule has 1 amide bonds. The van der Waals surface area contributed by atoms with E-state index in [-0.39, 0.29) is 24.5 Å². The third-order valence-electron chi connectivity index (χ3n) is 5.78. The molecule has 0 aliphatic carbocycles. The van der Waals surface area contributed by atoms with Gasteiger partial charge in [-0.15, -0.1) is 11.3 Å². The van der Waals surface area contributed by atoms with Crippen molar-refractivity contribution in [2.75, 3.05) is 4.90 Å². The molecule has 0 aromatic carbocycles. The van der Waals surface area contributed by atoms with E-state index in [1.807, 2.05) is 10.9 Å². The van der Waals surface area contributed by atoms with E-state index in [1.165, 1.54) is 0 Å². The van der Waals surface area contributed by atoms with Gasteiger partial charge in [-0.05, 0) is 19.3 Å². The van der Waals surface area contributed by atoms with E-state index in [0.717, 1.165) is 30.8 Å². The number of carbonyl (C=O) groups excluding carboxylic acids is 1. The van der Waals surface area contributed by atoms with Gasteiger partial charge in [0.2, 0.25) is 5.91 Å². The van der Waals surface area contributed by atoms with E-state index >= 15 is 0 Å². The van der Waals surface area contributed by atoms with Crippen LogP contribution in [0.2, 0.25) is 0 Å². The summed E-state index contributed by atoms with van der Waals surface area (Å²) >= 11 is 1.56. The minimum Gasteiger partial charge on any atom is -0.483 e. The van der Waals surface area contributed by atoms with Crippen LogP contribution in [0.25, 0.3) is 0 Å². The molecule has 2 saturated heterocycles. The second-order valence-electron chi connectivity index (χ2n) is 7.31. The number of rotatable bonds is 6. The first-order valence-corrected chi connectivity index (χ1v) is 10.5. The van der Waals surface area contributed by atoms with Crippen LogP contribution in [-0.2, 0) is 22.6 Å². The molecule has 2 aliphatic heterocycles. The number of H-pyrrole nitrogens is 1. The zero-order valence-corrected chi connectivity index (χ0v) is 16.9. The molecule has 3 aromatic rings. The molecule has 0 saturated carbocycles. The standard InChI is InChI=1S/C18H20N6O2S.CH2O2/c25-16(22-9-15-19-3-4-20-15)18(7-12-10-27-11-23-12)8-13-1-2-14(18)24(13)17-21-5-6-26-17;2-1-3/h3-6,10-11,13-14H,1-2,7-9H2,(H,19,20)(H,22,25);1H,(H,2,3)/t13-,14+,18+;/m1./s1. The summed E-state index contributed by atoms with van der Waals surface area (Å²) in [5.41, 5.74) is 2.24. The summed E-state index contributed by atoms with van der Waals surface area (Å²) in [5, 5.41) is 12.0. The number of nitrogens with zero attached hydrogens (tertiary/aromatic N) is 4. The van der Waals surface area contributed by atoms with Crippen molar-refractivity contribution in [2.24, 2.45) is 5.41 Å². The molecule has 0 radical (unpaired) electrons. The number of amides is 1. The van der Waals surface area contributed by atoms with E-state index in [9.17, 15) is 4.79 Å². The maximum atomic E-state index is 13.4. The Morgan fingerprint density at radius 3 is 2.93 bits per heavy atom. The first-order chi connectivity index (χ1) is 14.7. The number of carbonyl (C=O) groups is 2. The maximum absolute atomic E-state index is 13.4.